The third-order valence-corrected chi connectivity index (χ3v) is 3.05. The van der Waals surface area contributed by atoms with Crippen molar-refractivity contribution < 1.29 is 0 Å². The molecular weight excluding hydrogens is 218 g/mol. The first-order valence-corrected chi connectivity index (χ1v) is 6.34. The SMILES string of the molecule is C/C=C(\NC(C)c1ccccc1)c1ccccc1. The van der Waals surface area contributed by atoms with Crippen LogP contribution in [0.2, 0.25) is 0 Å². The Morgan fingerprint density at radius 2 is 1.50 bits per heavy atom. The molecule has 0 aliphatic rings. The van der Waals surface area contributed by atoms with Crippen molar-refractivity contribution in [3.8, 4) is 0 Å². The lowest BCUT2D eigenvalue weighted by molar-refractivity contribution is 0.700. The molecule has 1 unspecified atom stereocenters. The van der Waals surface area contributed by atoms with Gasteiger partial charge in [-0.1, -0.05) is 66.7 Å². The van der Waals surface area contributed by atoms with E-state index in [2.05, 4.69) is 73.8 Å². The molecule has 0 aromatic heterocycles. The van der Waals surface area contributed by atoms with E-state index in [9.17, 15) is 0 Å². The van der Waals surface area contributed by atoms with Crippen LogP contribution in [0.4, 0.5) is 0 Å². The van der Waals surface area contributed by atoms with Gasteiger partial charge in [-0.3, -0.25) is 0 Å². The molecule has 0 spiro atoms. The minimum Gasteiger partial charge on any atom is -0.378 e. The molecule has 0 saturated heterocycles. The second-order valence-electron chi connectivity index (χ2n) is 4.35. The highest BCUT2D eigenvalue weighted by atomic mass is 14.9. The van der Waals surface area contributed by atoms with Gasteiger partial charge in [0.15, 0.2) is 0 Å². The lowest BCUT2D eigenvalue weighted by Gasteiger charge is -2.18. The van der Waals surface area contributed by atoms with Gasteiger partial charge in [0.25, 0.3) is 0 Å². The maximum atomic E-state index is 3.56. The summed E-state index contributed by atoms with van der Waals surface area (Å²) in [5.74, 6) is 0. The van der Waals surface area contributed by atoms with Crippen LogP contribution in [-0.2, 0) is 0 Å². The Bertz CT molecular complexity index is 500. The van der Waals surface area contributed by atoms with Crippen LogP contribution in [0.3, 0.4) is 0 Å². The van der Waals surface area contributed by atoms with Gasteiger partial charge in [0.2, 0.25) is 0 Å². The third-order valence-electron chi connectivity index (χ3n) is 3.05. The monoisotopic (exact) mass is 237 g/mol. The molecule has 0 heterocycles. The Hall–Kier alpha value is -2.02. The summed E-state index contributed by atoms with van der Waals surface area (Å²) in [5, 5.41) is 3.56. The fourth-order valence-corrected chi connectivity index (χ4v) is 2.01. The van der Waals surface area contributed by atoms with E-state index in [-0.39, 0.29) is 0 Å². The molecule has 0 aliphatic heterocycles. The van der Waals surface area contributed by atoms with Crippen molar-refractivity contribution in [3.63, 3.8) is 0 Å². The molecule has 2 rings (SSSR count). The van der Waals surface area contributed by atoms with Gasteiger partial charge in [-0.25, -0.2) is 0 Å². The predicted molar refractivity (Wildman–Crippen MR) is 78.1 cm³/mol. The normalized spacial score (nSPS) is 13.1. The fraction of sp³-hybridized carbons (Fsp3) is 0.176. The van der Waals surface area contributed by atoms with Gasteiger partial charge in [0.1, 0.15) is 0 Å². The molecule has 0 radical (unpaired) electrons. The van der Waals surface area contributed by atoms with Crippen molar-refractivity contribution in [1.29, 1.82) is 0 Å². The Labute approximate surface area is 109 Å². The summed E-state index contributed by atoms with van der Waals surface area (Å²) in [6.07, 6.45) is 2.12. The first-order chi connectivity index (χ1) is 8.81. The first-order valence-electron chi connectivity index (χ1n) is 6.34. The quantitative estimate of drug-likeness (QED) is 0.831. The summed E-state index contributed by atoms with van der Waals surface area (Å²) in [6, 6.07) is 21.2. The number of allylic oxidation sites excluding steroid dienone is 1. The van der Waals surface area contributed by atoms with E-state index in [1.165, 1.54) is 16.8 Å². The molecule has 0 amide bonds. The van der Waals surface area contributed by atoms with Gasteiger partial charge >= 0.3 is 0 Å². The van der Waals surface area contributed by atoms with Crippen LogP contribution in [0, 0.1) is 0 Å². The lowest BCUT2D eigenvalue weighted by Crippen LogP contribution is -2.17. The summed E-state index contributed by atoms with van der Waals surface area (Å²) in [5.41, 5.74) is 3.70. The zero-order valence-electron chi connectivity index (χ0n) is 10.9. The van der Waals surface area contributed by atoms with Crippen molar-refractivity contribution in [1.82, 2.24) is 5.32 Å². The Morgan fingerprint density at radius 3 is 2.06 bits per heavy atom. The van der Waals surface area contributed by atoms with Crippen LogP contribution < -0.4 is 5.32 Å². The molecule has 92 valence electrons. The van der Waals surface area contributed by atoms with Gasteiger partial charge in [-0.15, -0.1) is 0 Å². The van der Waals surface area contributed by atoms with Crippen LogP contribution in [0.25, 0.3) is 5.70 Å². The van der Waals surface area contributed by atoms with E-state index in [4.69, 9.17) is 0 Å². The molecule has 1 nitrogen and oxygen atoms in total. The first kappa shape index (κ1) is 12.4. The standard InChI is InChI=1S/C17H19N/c1-3-17(16-12-8-5-9-13-16)18-14(2)15-10-6-4-7-11-15/h3-14,18H,1-2H3/b17-3-. The Kier molecular flexibility index (Phi) is 4.19. The topological polar surface area (TPSA) is 12.0 Å². The number of rotatable bonds is 4. The Morgan fingerprint density at radius 1 is 0.944 bits per heavy atom. The molecule has 0 saturated carbocycles. The van der Waals surface area contributed by atoms with Crippen LogP contribution in [0.15, 0.2) is 66.7 Å². The molecule has 18 heavy (non-hydrogen) atoms. The summed E-state index contributed by atoms with van der Waals surface area (Å²) in [6.45, 7) is 4.24. The van der Waals surface area contributed by atoms with Crippen molar-refractivity contribution in [3.05, 3.63) is 77.9 Å². The van der Waals surface area contributed by atoms with Gasteiger partial charge in [-0.05, 0) is 25.0 Å². The summed E-state index contributed by atoms with van der Waals surface area (Å²) < 4.78 is 0. The zero-order valence-corrected chi connectivity index (χ0v) is 10.9. The van der Waals surface area contributed by atoms with Crippen LogP contribution >= 0.6 is 0 Å². The number of benzene rings is 2. The van der Waals surface area contributed by atoms with Crippen molar-refractivity contribution in [2.45, 2.75) is 19.9 Å². The number of hydrogen-bond donors (Lipinski definition) is 1. The molecule has 2 aromatic rings. The highest BCUT2D eigenvalue weighted by Crippen LogP contribution is 2.18. The highest BCUT2D eigenvalue weighted by molar-refractivity contribution is 5.63. The molecule has 2 aromatic carbocycles. The maximum absolute atomic E-state index is 3.56. The zero-order chi connectivity index (χ0) is 12.8. The maximum Gasteiger partial charge on any atom is 0.0485 e. The summed E-state index contributed by atoms with van der Waals surface area (Å²) in [7, 11) is 0. The van der Waals surface area contributed by atoms with Crippen LogP contribution in [0.1, 0.15) is 31.0 Å². The van der Waals surface area contributed by atoms with Crippen LogP contribution in [-0.4, -0.2) is 0 Å². The average molecular weight is 237 g/mol. The van der Waals surface area contributed by atoms with Crippen molar-refractivity contribution in [2.75, 3.05) is 0 Å². The molecule has 1 heteroatoms. The molecule has 0 aliphatic carbocycles. The van der Waals surface area contributed by atoms with E-state index in [1.54, 1.807) is 0 Å². The van der Waals surface area contributed by atoms with Gasteiger partial charge in [0, 0.05) is 11.7 Å². The van der Waals surface area contributed by atoms with E-state index in [1.807, 2.05) is 12.1 Å². The van der Waals surface area contributed by atoms with E-state index in [0.29, 0.717) is 6.04 Å². The smallest absolute Gasteiger partial charge is 0.0485 e. The van der Waals surface area contributed by atoms with E-state index in [0.717, 1.165) is 0 Å². The van der Waals surface area contributed by atoms with Gasteiger partial charge in [0.05, 0.1) is 0 Å². The molecule has 1 atom stereocenters. The molecule has 0 bridgehead atoms. The van der Waals surface area contributed by atoms with E-state index < -0.39 is 0 Å². The molecule has 1 N–H and O–H groups in total. The minimum absolute atomic E-state index is 0.303. The Balaban J connectivity index is 2.13. The summed E-state index contributed by atoms with van der Waals surface area (Å²) in [4.78, 5) is 0. The largest absolute Gasteiger partial charge is 0.378 e. The number of hydrogen-bond acceptors (Lipinski definition) is 1. The summed E-state index contributed by atoms with van der Waals surface area (Å²) >= 11 is 0. The molecule has 0 fully saturated rings. The predicted octanol–water partition coefficient (Wildman–Crippen LogP) is 4.40. The lowest BCUT2D eigenvalue weighted by atomic mass is 10.1. The second-order valence-corrected chi connectivity index (χ2v) is 4.35. The average Bonchev–Trinajstić information content (AvgIpc) is 2.46. The van der Waals surface area contributed by atoms with Gasteiger partial charge in [-0.2, -0.15) is 0 Å². The van der Waals surface area contributed by atoms with Crippen LogP contribution in [0.5, 0.6) is 0 Å². The van der Waals surface area contributed by atoms with E-state index >= 15 is 0 Å². The fourth-order valence-electron chi connectivity index (χ4n) is 2.01. The van der Waals surface area contributed by atoms with Crippen molar-refractivity contribution >= 4 is 5.70 Å². The highest BCUT2D eigenvalue weighted by Gasteiger charge is 2.06. The molecular formula is C17H19N. The van der Waals surface area contributed by atoms with Crippen molar-refractivity contribution in [2.24, 2.45) is 0 Å². The minimum atomic E-state index is 0.303. The van der Waals surface area contributed by atoms with Gasteiger partial charge < -0.3 is 5.32 Å². The third kappa shape index (κ3) is 3.01. The number of nitrogens with one attached hydrogen (secondary N) is 1. The second kappa shape index (κ2) is 6.06.